The van der Waals surface area contributed by atoms with Crippen molar-refractivity contribution >= 4 is 6.03 Å². The lowest BCUT2D eigenvalue weighted by Gasteiger charge is -2.27. The van der Waals surface area contributed by atoms with Gasteiger partial charge in [0.15, 0.2) is 0 Å². The summed E-state index contributed by atoms with van der Waals surface area (Å²) in [5, 5.41) is 15.7. The number of benzene rings is 1. The lowest BCUT2D eigenvalue weighted by atomic mass is 9.93. The zero-order valence-electron chi connectivity index (χ0n) is 14.4. The highest BCUT2D eigenvalue weighted by Gasteiger charge is 2.30. The number of nitrogens with zero attached hydrogens (tertiary/aromatic N) is 1. The number of aliphatic hydroxyl groups excluding tert-OH is 1. The Balaban J connectivity index is 1.44. The van der Waals surface area contributed by atoms with Crippen LogP contribution in [0.15, 0.2) is 30.3 Å². The van der Waals surface area contributed by atoms with Crippen LogP contribution in [0.3, 0.4) is 0 Å². The molecule has 5 heteroatoms. The third-order valence-corrected chi connectivity index (χ3v) is 5.30. The Morgan fingerprint density at radius 3 is 2.50 bits per heavy atom. The first-order valence-corrected chi connectivity index (χ1v) is 9.13. The number of likely N-dealkylation sites (tertiary alicyclic amines) is 1. The number of amides is 2. The number of carbonyl (C=O) groups excluding carboxylic acids is 1. The van der Waals surface area contributed by atoms with Crippen LogP contribution in [-0.4, -0.2) is 46.8 Å². The van der Waals surface area contributed by atoms with Crippen LogP contribution in [0.1, 0.15) is 44.6 Å². The SMILES string of the molecule is CC1CC(NC(=O)NC2CCC(O)CC2)CN1Cc1ccccc1. The molecule has 0 spiro atoms. The highest BCUT2D eigenvalue weighted by molar-refractivity contribution is 5.74. The molecule has 3 rings (SSSR count). The molecular weight excluding hydrogens is 302 g/mol. The maximum absolute atomic E-state index is 12.2. The van der Waals surface area contributed by atoms with E-state index in [1.54, 1.807) is 0 Å². The third kappa shape index (κ3) is 4.71. The fourth-order valence-corrected chi connectivity index (χ4v) is 3.87. The number of nitrogens with one attached hydrogen (secondary N) is 2. The fraction of sp³-hybridized carbons (Fsp3) is 0.632. The number of rotatable bonds is 4. The summed E-state index contributed by atoms with van der Waals surface area (Å²) < 4.78 is 0. The molecule has 2 fully saturated rings. The Hall–Kier alpha value is -1.59. The van der Waals surface area contributed by atoms with Gasteiger partial charge in [0, 0.05) is 31.2 Å². The van der Waals surface area contributed by atoms with E-state index in [0.717, 1.165) is 45.2 Å². The zero-order valence-corrected chi connectivity index (χ0v) is 14.4. The van der Waals surface area contributed by atoms with Gasteiger partial charge >= 0.3 is 6.03 Å². The summed E-state index contributed by atoms with van der Waals surface area (Å²) in [6, 6.07) is 11.3. The molecule has 1 aromatic carbocycles. The molecule has 0 radical (unpaired) electrons. The second-order valence-electron chi connectivity index (χ2n) is 7.32. The molecule has 1 aliphatic heterocycles. The molecule has 2 atom stereocenters. The van der Waals surface area contributed by atoms with E-state index in [1.807, 2.05) is 6.07 Å². The molecule has 132 valence electrons. The average molecular weight is 331 g/mol. The van der Waals surface area contributed by atoms with Crippen LogP contribution in [0.4, 0.5) is 4.79 Å². The van der Waals surface area contributed by atoms with Crippen molar-refractivity contribution in [3.63, 3.8) is 0 Å². The molecule has 5 nitrogen and oxygen atoms in total. The minimum absolute atomic E-state index is 0.0600. The van der Waals surface area contributed by atoms with Crippen LogP contribution in [-0.2, 0) is 6.54 Å². The van der Waals surface area contributed by atoms with Gasteiger partial charge in [0.05, 0.1) is 6.10 Å². The maximum Gasteiger partial charge on any atom is 0.315 e. The van der Waals surface area contributed by atoms with E-state index < -0.39 is 0 Å². The molecule has 3 N–H and O–H groups in total. The highest BCUT2D eigenvalue weighted by atomic mass is 16.3. The van der Waals surface area contributed by atoms with Crippen molar-refractivity contribution in [3.8, 4) is 0 Å². The summed E-state index contributed by atoms with van der Waals surface area (Å²) in [5.74, 6) is 0. The van der Waals surface area contributed by atoms with E-state index in [1.165, 1.54) is 5.56 Å². The van der Waals surface area contributed by atoms with Crippen LogP contribution in [0.25, 0.3) is 0 Å². The van der Waals surface area contributed by atoms with Gasteiger partial charge in [-0.3, -0.25) is 4.90 Å². The molecular formula is C19H29N3O2. The van der Waals surface area contributed by atoms with Crippen LogP contribution >= 0.6 is 0 Å². The van der Waals surface area contributed by atoms with E-state index in [4.69, 9.17) is 0 Å². The van der Waals surface area contributed by atoms with Gasteiger partial charge in [0.1, 0.15) is 0 Å². The Kier molecular flexibility index (Phi) is 5.74. The van der Waals surface area contributed by atoms with Gasteiger partial charge in [-0.05, 0) is 44.6 Å². The van der Waals surface area contributed by atoms with Crippen molar-refractivity contribution in [2.75, 3.05) is 6.54 Å². The monoisotopic (exact) mass is 331 g/mol. The summed E-state index contributed by atoms with van der Waals surface area (Å²) in [6.07, 6.45) is 4.12. The molecule has 0 bridgehead atoms. The van der Waals surface area contributed by atoms with Crippen molar-refractivity contribution in [2.24, 2.45) is 0 Å². The third-order valence-electron chi connectivity index (χ3n) is 5.30. The predicted octanol–water partition coefficient (Wildman–Crippen LogP) is 2.25. The molecule has 1 aromatic rings. The van der Waals surface area contributed by atoms with Crippen LogP contribution in [0, 0.1) is 0 Å². The predicted molar refractivity (Wildman–Crippen MR) is 94.6 cm³/mol. The van der Waals surface area contributed by atoms with Crippen molar-refractivity contribution in [3.05, 3.63) is 35.9 Å². The average Bonchev–Trinajstić information content (AvgIpc) is 2.90. The van der Waals surface area contributed by atoms with Gasteiger partial charge in [-0.1, -0.05) is 30.3 Å². The second kappa shape index (κ2) is 7.99. The van der Waals surface area contributed by atoms with E-state index in [9.17, 15) is 9.90 Å². The van der Waals surface area contributed by atoms with Crippen molar-refractivity contribution in [1.29, 1.82) is 0 Å². The van der Waals surface area contributed by atoms with Crippen molar-refractivity contribution in [2.45, 2.75) is 69.8 Å². The van der Waals surface area contributed by atoms with Gasteiger partial charge in [-0.15, -0.1) is 0 Å². The lowest BCUT2D eigenvalue weighted by Crippen LogP contribution is -2.48. The number of hydrogen-bond donors (Lipinski definition) is 3. The summed E-state index contributed by atoms with van der Waals surface area (Å²) in [5.41, 5.74) is 1.32. The molecule has 2 aliphatic rings. The summed E-state index contributed by atoms with van der Waals surface area (Å²) in [7, 11) is 0. The van der Waals surface area contributed by atoms with Gasteiger partial charge in [0.2, 0.25) is 0 Å². The highest BCUT2D eigenvalue weighted by Crippen LogP contribution is 2.21. The smallest absolute Gasteiger partial charge is 0.315 e. The molecule has 1 saturated carbocycles. The van der Waals surface area contributed by atoms with E-state index in [-0.39, 0.29) is 24.2 Å². The largest absolute Gasteiger partial charge is 0.393 e. The summed E-state index contributed by atoms with van der Waals surface area (Å²) >= 11 is 0. The van der Waals surface area contributed by atoms with Gasteiger partial charge < -0.3 is 15.7 Å². The fourth-order valence-electron chi connectivity index (χ4n) is 3.87. The summed E-state index contributed by atoms with van der Waals surface area (Å²) in [4.78, 5) is 14.6. The Labute approximate surface area is 144 Å². The molecule has 24 heavy (non-hydrogen) atoms. The molecule has 2 unspecified atom stereocenters. The topological polar surface area (TPSA) is 64.6 Å². The van der Waals surface area contributed by atoms with Crippen molar-refractivity contribution in [1.82, 2.24) is 15.5 Å². The zero-order chi connectivity index (χ0) is 16.9. The Morgan fingerprint density at radius 1 is 1.12 bits per heavy atom. The Bertz CT molecular complexity index is 529. The standard InChI is InChI=1S/C19H29N3O2/c1-14-11-17(13-22(14)12-15-5-3-2-4-6-15)21-19(24)20-16-7-9-18(23)10-8-16/h2-6,14,16-18,23H,7-13H2,1H3,(H2,20,21,24). The first-order valence-electron chi connectivity index (χ1n) is 9.13. The van der Waals surface area contributed by atoms with E-state index in [0.29, 0.717) is 6.04 Å². The first-order chi connectivity index (χ1) is 11.6. The number of hydrogen-bond acceptors (Lipinski definition) is 3. The van der Waals surface area contributed by atoms with Gasteiger partial charge in [-0.2, -0.15) is 0 Å². The molecule has 0 aromatic heterocycles. The molecule has 1 heterocycles. The van der Waals surface area contributed by atoms with Crippen molar-refractivity contribution < 1.29 is 9.90 Å². The van der Waals surface area contributed by atoms with Crippen LogP contribution in [0.2, 0.25) is 0 Å². The normalized spacial score (nSPS) is 30.9. The summed E-state index contributed by atoms with van der Waals surface area (Å²) in [6.45, 7) is 4.06. The minimum Gasteiger partial charge on any atom is -0.393 e. The first kappa shape index (κ1) is 17.2. The van der Waals surface area contributed by atoms with Gasteiger partial charge in [0.25, 0.3) is 0 Å². The minimum atomic E-state index is -0.187. The van der Waals surface area contributed by atoms with Gasteiger partial charge in [-0.25, -0.2) is 4.79 Å². The van der Waals surface area contributed by atoms with E-state index >= 15 is 0 Å². The number of urea groups is 1. The molecule has 1 saturated heterocycles. The number of carbonyl (C=O) groups is 1. The number of aliphatic hydroxyl groups is 1. The second-order valence-corrected chi connectivity index (χ2v) is 7.32. The Morgan fingerprint density at radius 2 is 1.79 bits per heavy atom. The van der Waals surface area contributed by atoms with Crippen LogP contribution < -0.4 is 10.6 Å². The maximum atomic E-state index is 12.2. The molecule has 1 aliphatic carbocycles. The van der Waals surface area contributed by atoms with Crippen LogP contribution in [0.5, 0.6) is 0 Å². The quantitative estimate of drug-likeness (QED) is 0.793. The van der Waals surface area contributed by atoms with E-state index in [2.05, 4.69) is 46.7 Å². The lowest BCUT2D eigenvalue weighted by molar-refractivity contribution is 0.117. The molecule has 2 amide bonds.